The molecule has 58 valence electrons. The lowest BCUT2D eigenvalue weighted by Crippen LogP contribution is -2.47. The van der Waals surface area contributed by atoms with Crippen molar-refractivity contribution in [2.45, 2.75) is 0 Å². The Morgan fingerprint density at radius 2 is 1.70 bits per heavy atom. The van der Waals surface area contributed by atoms with Crippen LogP contribution in [-0.2, 0) is 4.79 Å². The van der Waals surface area contributed by atoms with Crippen LogP contribution in [-0.4, -0.2) is 47.4 Å². The highest BCUT2D eigenvalue weighted by Crippen LogP contribution is 1.95. The summed E-state index contributed by atoms with van der Waals surface area (Å²) in [5.74, 6) is -1.12. The molecule has 2 N–H and O–H groups in total. The first kappa shape index (κ1) is 8.90. The zero-order valence-corrected chi connectivity index (χ0v) is 5.87. The minimum Gasteiger partial charge on any atom is -0.477 e. The third-order valence-electron chi connectivity index (χ3n) is 1.05. The number of carboxylic acids is 1. The summed E-state index contributed by atoms with van der Waals surface area (Å²) in [6, 6.07) is 0. The molecule has 0 rings (SSSR count). The van der Waals surface area contributed by atoms with Gasteiger partial charge in [-0.2, -0.15) is 4.79 Å². The normalized spacial score (nSPS) is 11.0. The standard InChI is InChI=1S/C5H9NO4/c1-6(2,5(9)10)3-4(7)8/h3H2,1-2H3,(H-,7,8,9,10)/p+1. The SMILES string of the molecule is C[N+](C)(CC(=O)O)C(=O)O. The summed E-state index contributed by atoms with van der Waals surface area (Å²) in [6.07, 6.45) is -1.15. The summed E-state index contributed by atoms with van der Waals surface area (Å²) >= 11 is 0. The molecule has 0 aliphatic carbocycles. The summed E-state index contributed by atoms with van der Waals surface area (Å²) < 4.78 is -0.546. The van der Waals surface area contributed by atoms with Gasteiger partial charge in [0.1, 0.15) is 0 Å². The number of likely N-dealkylation sites (N-methyl/N-ethyl adjacent to an activating group) is 1. The second kappa shape index (κ2) is 2.66. The maximum absolute atomic E-state index is 10.3. The first-order chi connectivity index (χ1) is 4.36. The van der Waals surface area contributed by atoms with Gasteiger partial charge in [0, 0.05) is 0 Å². The van der Waals surface area contributed by atoms with Crippen LogP contribution in [0.3, 0.4) is 0 Å². The average Bonchev–Trinajstić information content (AvgIpc) is 1.60. The molecule has 0 unspecified atom stereocenters. The molecule has 0 aromatic heterocycles. The lowest BCUT2D eigenvalue weighted by Gasteiger charge is -2.19. The molecule has 0 heterocycles. The fourth-order valence-corrected chi connectivity index (χ4v) is 0.406. The van der Waals surface area contributed by atoms with Gasteiger partial charge in [-0.15, -0.1) is 0 Å². The Hall–Kier alpha value is -1.10. The molecule has 10 heavy (non-hydrogen) atoms. The molecule has 0 aromatic carbocycles. The second-order valence-electron chi connectivity index (χ2n) is 2.52. The number of hydrogen-bond acceptors (Lipinski definition) is 2. The van der Waals surface area contributed by atoms with Crippen LogP contribution in [0.2, 0.25) is 0 Å². The Morgan fingerprint density at radius 1 is 1.30 bits per heavy atom. The van der Waals surface area contributed by atoms with Crippen LogP contribution in [0.1, 0.15) is 0 Å². The summed E-state index contributed by atoms with van der Waals surface area (Å²) in [4.78, 5) is 20.3. The molecular formula is C5H10NO4+. The first-order valence-electron chi connectivity index (χ1n) is 2.64. The van der Waals surface area contributed by atoms with Crippen LogP contribution in [0, 0.1) is 0 Å². The lowest BCUT2D eigenvalue weighted by atomic mass is 10.5. The zero-order chi connectivity index (χ0) is 8.36. The van der Waals surface area contributed by atoms with E-state index in [2.05, 4.69) is 0 Å². The van der Waals surface area contributed by atoms with Crippen LogP contribution in [0.4, 0.5) is 4.79 Å². The number of carbonyl (C=O) groups is 2. The Morgan fingerprint density at radius 3 is 1.80 bits per heavy atom. The quantitative estimate of drug-likeness (QED) is 0.533. The maximum atomic E-state index is 10.3. The van der Waals surface area contributed by atoms with Crippen molar-refractivity contribution in [3.05, 3.63) is 0 Å². The molecule has 1 amide bonds. The highest BCUT2D eigenvalue weighted by atomic mass is 16.4. The monoisotopic (exact) mass is 148 g/mol. The van der Waals surface area contributed by atoms with E-state index in [0.717, 1.165) is 0 Å². The molecule has 5 nitrogen and oxygen atoms in total. The van der Waals surface area contributed by atoms with Gasteiger partial charge in [0.05, 0.1) is 14.1 Å². The third-order valence-corrected chi connectivity index (χ3v) is 1.05. The van der Waals surface area contributed by atoms with Crippen LogP contribution >= 0.6 is 0 Å². The molecular weight excluding hydrogens is 138 g/mol. The van der Waals surface area contributed by atoms with E-state index in [4.69, 9.17) is 10.2 Å². The van der Waals surface area contributed by atoms with Gasteiger partial charge in [0.25, 0.3) is 0 Å². The topological polar surface area (TPSA) is 74.6 Å². The average molecular weight is 148 g/mol. The van der Waals surface area contributed by atoms with E-state index >= 15 is 0 Å². The molecule has 0 saturated heterocycles. The van der Waals surface area contributed by atoms with Gasteiger partial charge in [-0.1, -0.05) is 0 Å². The van der Waals surface area contributed by atoms with Gasteiger partial charge in [0.2, 0.25) is 0 Å². The van der Waals surface area contributed by atoms with E-state index in [-0.39, 0.29) is 0 Å². The largest absolute Gasteiger partial charge is 0.513 e. The van der Waals surface area contributed by atoms with Crippen molar-refractivity contribution >= 4 is 12.1 Å². The third kappa shape index (κ3) is 2.45. The summed E-state index contributed by atoms with van der Waals surface area (Å²) in [5, 5.41) is 16.6. The van der Waals surface area contributed by atoms with E-state index in [0.29, 0.717) is 0 Å². The van der Waals surface area contributed by atoms with Crippen molar-refractivity contribution in [1.29, 1.82) is 0 Å². The van der Waals surface area contributed by atoms with E-state index in [1.165, 1.54) is 14.1 Å². The second-order valence-corrected chi connectivity index (χ2v) is 2.52. The van der Waals surface area contributed by atoms with Crippen molar-refractivity contribution < 1.29 is 24.3 Å². The van der Waals surface area contributed by atoms with E-state index < -0.39 is 23.1 Å². The van der Waals surface area contributed by atoms with Crippen molar-refractivity contribution in [2.75, 3.05) is 20.6 Å². The first-order valence-corrected chi connectivity index (χ1v) is 2.64. The van der Waals surface area contributed by atoms with Gasteiger partial charge in [-0.05, 0) is 0 Å². The number of quaternary nitrogens is 1. The van der Waals surface area contributed by atoms with Crippen LogP contribution in [0.5, 0.6) is 0 Å². The van der Waals surface area contributed by atoms with Gasteiger partial charge >= 0.3 is 12.1 Å². The zero-order valence-electron chi connectivity index (χ0n) is 5.87. The van der Waals surface area contributed by atoms with E-state index in [9.17, 15) is 9.59 Å². The lowest BCUT2D eigenvalue weighted by molar-refractivity contribution is -0.808. The number of hydrogen-bond donors (Lipinski definition) is 2. The number of aliphatic carboxylic acids is 1. The summed E-state index contributed by atoms with van der Waals surface area (Å²) in [5.41, 5.74) is 0. The fourth-order valence-electron chi connectivity index (χ4n) is 0.406. The molecule has 0 aliphatic heterocycles. The Bertz CT molecular complexity index is 163. The number of nitrogens with zero attached hydrogens (tertiary/aromatic N) is 1. The molecule has 0 saturated carbocycles. The Labute approximate surface area is 58.1 Å². The molecule has 5 heteroatoms. The van der Waals surface area contributed by atoms with Crippen LogP contribution in [0.25, 0.3) is 0 Å². The molecule has 0 atom stereocenters. The highest BCUT2D eigenvalue weighted by Gasteiger charge is 2.28. The fraction of sp³-hybridized carbons (Fsp3) is 0.600. The minimum atomic E-state index is -1.15. The highest BCUT2D eigenvalue weighted by molar-refractivity contribution is 5.70. The predicted octanol–water partition coefficient (Wildman–Crippen LogP) is -0.175. The predicted molar refractivity (Wildman–Crippen MR) is 32.6 cm³/mol. The van der Waals surface area contributed by atoms with Crippen LogP contribution in [0.15, 0.2) is 0 Å². The Balaban J connectivity index is 4.13. The van der Waals surface area contributed by atoms with Crippen molar-refractivity contribution in [3.63, 3.8) is 0 Å². The molecule has 0 radical (unpaired) electrons. The summed E-state index contributed by atoms with van der Waals surface area (Å²) in [6.45, 7) is -0.407. The van der Waals surface area contributed by atoms with E-state index in [1.807, 2.05) is 0 Å². The van der Waals surface area contributed by atoms with Crippen LogP contribution < -0.4 is 0 Å². The number of rotatable bonds is 2. The van der Waals surface area contributed by atoms with Gasteiger partial charge in [0.15, 0.2) is 6.54 Å². The van der Waals surface area contributed by atoms with Gasteiger partial charge in [-0.3, -0.25) is 0 Å². The molecule has 0 aliphatic rings. The molecule has 0 spiro atoms. The number of carboxylic acid groups (broad SMARTS) is 2. The maximum Gasteiger partial charge on any atom is 0.513 e. The Kier molecular flexibility index (Phi) is 2.36. The minimum absolute atomic E-state index is 0.407. The van der Waals surface area contributed by atoms with Gasteiger partial charge in [-0.25, -0.2) is 9.28 Å². The summed E-state index contributed by atoms with van der Waals surface area (Å²) in [7, 11) is 2.63. The molecule has 0 aromatic rings. The van der Waals surface area contributed by atoms with Crippen molar-refractivity contribution in [2.24, 2.45) is 0 Å². The van der Waals surface area contributed by atoms with Crippen molar-refractivity contribution in [3.8, 4) is 0 Å². The van der Waals surface area contributed by atoms with Crippen molar-refractivity contribution in [1.82, 2.24) is 0 Å². The smallest absolute Gasteiger partial charge is 0.477 e. The van der Waals surface area contributed by atoms with Gasteiger partial charge < -0.3 is 10.2 Å². The molecule has 0 fully saturated rings. The molecule has 0 bridgehead atoms. The number of amides is 1. The van der Waals surface area contributed by atoms with E-state index in [1.54, 1.807) is 0 Å².